The molecule has 2 aliphatic heterocycles. The molecule has 3 heterocycles. The van der Waals surface area contributed by atoms with E-state index in [1.165, 1.54) is 5.01 Å². The summed E-state index contributed by atoms with van der Waals surface area (Å²) < 4.78 is 0. The molecular weight excluding hydrogens is 508 g/mol. The lowest BCUT2D eigenvalue weighted by Gasteiger charge is -2.35. The summed E-state index contributed by atoms with van der Waals surface area (Å²) in [4.78, 5) is 57.4. The molecule has 10 heteroatoms. The highest BCUT2D eigenvalue weighted by Gasteiger charge is 2.34. The van der Waals surface area contributed by atoms with E-state index in [2.05, 4.69) is 26.4 Å². The van der Waals surface area contributed by atoms with Crippen LogP contribution in [0.2, 0.25) is 0 Å². The molecule has 4 amide bonds. The summed E-state index contributed by atoms with van der Waals surface area (Å²) in [5.41, 5.74) is 3.74. The van der Waals surface area contributed by atoms with Crippen LogP contribution in [0.3, 0.4) is 0 Å². The van der Waals surface area contributed by atoms with Crippen molar-refractivity contribution in [1.29, 1.82) is 0 Å². The number of carbonyl (C=O) groups is 4. The van der Waals surface area contributed by atoms with Gasteiger partial charge >= 0.3 is 0 Å². The van der Waals surface area contributed by atoms with Crippen molar-refractivity contribution in [3.63, 3.8) is 0 Å². The summed E-state index contributed by atoms with van der Waals surface area (Å²) >= 11 is 0. The summed E-state index contributed by atoms with van der Waals surface area (Å²) in [5, 5.41) is 12.0. The van der Waals surface area contributed by atoms with E-state index in [-0.39, 0.29) is 29.7 Å². The van der Waals surface area contributed by atoms with Gasteiger partial charge in [0.15, 0.2) is 0 Å². The maximum absolute atomic E-state index is 13.3. The van der Waals surface area contributed by atoms with Gasteiger partial charge in [0.1, 0.15) is 18.1 Å². The molecule has 4 atom stereocenters. The van der Waals surface area contributed by atoms with Crippen molar-refractivity contribution in [2.24, 2.45) is 11.3 Å². The summed E-state index contributed by atoms with van der Waals surface area (Å²) in [6.07, 6.45) is 6.57. The molecule has 0 saturated carbocycles. The average molecular weight is 549 g/mol. The van der Waals surface area contributed by atoms with E-state index in [0.29, 0.717) is 25.1 Å². The number of fused-ring (bicyclic) bond motifs is 4. The molecule has 1 aromatic heterocycles. The molecule has 10 nitrogen and oxygen atoms in total. The van der Waals surface area contributed by atoms with Gasteiger partial charge in [-0.2, -0.15) is 0 Å². The lowest BCUT2D eigenvalue weighted by Crippen LogP contribution is -2.62. The third-order valence-corrected chi connectivity index (χ3v) is 7.62. The number of hydrazine groups is 1. The zero-order valence-corrected chi connectivity index (χ0v) is 24.1. The fourth-order valence-corrected chi connectivity index (χ4v) is 4.90. The number of aromatic nitrogens is 1. The van der Waals surface area contributed by atoms with E-state index >= 15 is 0 Å². The summed E-state index contributed by atoms with van der Waals surface area (Å²) in [7, 11) is 0. The first-order valence-electron chi connectivity index (χ1n) is 13.9. The van der Waals surface area contributed by atoms with Gasteiger partial charge in [-0.05, 0) is 75.6 Å². The van der Waals surface area contributed by atoms with Gasteiger partial charge in [-0.3, -0.25) is 29.2 Å². The van der Waals surface area contributed by atoms with Crippen LogP contribution in [0.4, 0.5) is 0 Å². The van der Waals surface area contributed by atoms with Crippen molar-refractivity contribution in [2.45, 2.75) is 78.6 Å². The van der Waals surface area contributed by atoms with Crippen LogP contribution < -0.4 is 21.4 Å². The van der Waals surface area contributed by atoms with E-state index in [0.717, 1.165) is 16.3 Å². The molecule has 1 aromatic carbocycles. The van der Waals surface area contributed by atoms with Gasteiger partial charge in [-0.1, -0.05) is 32.1 Å². The van der Waals surface area contributed by atoms with E-state index in [4.69, 9.17) is 0 Å². The van der Waals surface area contributed by atoms with Crippen LogP contribution in [0.15, 0.2) is 36.5 Å². The maximum Gasteiger partial charge on any atom is 0.258 e. The molecule has 2 aromatic rings. The molecule has 2 aliphatic rings. The van der Waals surface area contributed by atoms with Gasteiger partial charge in [0, 0.05) is 18.1 Å². The van der Waals surface area contributed by atoms with E-state index in [9.17, 15) is 19.2 Å². The number of benzene rings is 1. The highest BCUT2D eigenvalue weighted by molar-refractivity contribution is 5.94. The normalized spacial score (nSPS) is 27.2. The first kappa shape index (κ1) is 29.2. The monoisotopic (exact) mass is 548 g/mol. The third kappa shape index (κ3) is 6.50. The highest BCUT2D eigenvalue weighted by Crippen LogP contribution is 2.24. The van der Waals surface area contributed by atoms with Crippen LogP contribution in [0.5, 0.6) is 0 Å². The fraction of sp³-hybridized carbons (Fsp3) is 0.500. The Kier molecular flexibility index (Phi) is 8.58. The molecule has 40 heavy (non-hydrogen) atoms. The number of nitrogens with one attached hydrogen (secondary N) is 4. The fourth-order valence-electron chi connectivity index (χ4n) is 4.90. The number of carbonyl (C=O) groups excluding carboxylic acids is 4. The SMILES string of the molecule is CC(C)[C@@H]1NC(=O)C(C)(C)/C=C/c2cc3cc(ccc3cn2)[C@@H](C)NC(=O)[C@@H]2CCCN(N2)C(=O)[C@H](C)NC1=O. The molecule has 214 valence electrons. The molecule has 0 spiro atoms. The van der Waals surface area contributed by atoms with Crippen molar-refractivity contribution in [3.8, 4) is 0 Å². The smallest absolute Gasteiger partial charge is 0.258 e. The van der Waals surface area contributed by atoms with Gasteiger partial charge in [-0.25, -0.2) is 5.43 Å². The van der Waals surface area contributed by atoms with Crippen LogP contribution in [0.25, 0.3) is 16.8 Å². The van der Waals surface area contributed by atoms with E-state index in [1.54, 1.807) is 39.1 Å². The minimum Gasteiger partial charge on any atom is -0.348 e. The number of rotatable bonds is 1. The zero-order chi connectivity index (χ0) is 29.2. The predicted octanol–water partition coefficient (Wildman–Crippen LogP) is 2.61. The number of hydrogen-bond donors (Lipinski definition) is 4. The zero-order valence-electron chi connectivity index (χ0n) is 24.1. The van der Waals surface area contributed by atoms with Crippen molar-refractivity contribution < 1.29 is 19.2 Å². The van der Waals surface area contributed by atoms with E-state index < -0.39 is 29.4 Å². The van der Waals surface area contributed by atoms with Crippen molar-refractivity contribution in [3.05, 3.63) is 47.8 Å². The van der Waals surface area contributed by atoms with Gasteiger partial charge in [0.05, 0.1) is 17.2 Å². The van der Waals surface area contributed by atoms with Gasteiger partial charge < -0.3 is 16.0 Å². The second kappa shape index (κ2) is 11.8. The molecule has 1 saturated heterocycles. The van der Waals surface area contributed by atoms with E-state index in [1.807, 2.05) is 45.0 Å². The Hall–Kier alpha value is -3.79. The number of hydrogen-bond acceptors (Lipinski definition) is 6. The molecule has 0 unspecified atom stereocenters. The second-order valence-electron chi connectivity index (χ2n) is 11.7. The van der Waals surface area contributed by atoms with Crippen molar-refractivity contribution in [2.75, 3.05) is 6.54 Å². The Morgan fingerprint density at radius 1 is 0.950 bits per heavy atom. The second-order valence-corrected chi connectivity index (χ2v) is 11.7. The largest absolute Gasteiger partial charge is 0.348 e. The highest BCUT2D eigenvalue weighted by atomic mass is 16.2. The molecule has 0 radical (unpaired) electrons. The molecule has 1 fully saturated rings. The van der Waals surface area contributed by atoms with Gasteiger partial charge in [0.2, 0.25) is 17.7 Å². The Morgan fingerprint density at radius 3 is 2.40 bits per heavy atom. The van der Waals surface area contributed by atoms with Crippen molar-refractivity contribution in [1.82, 2.24) is 31.4 Å². The molecule has 4 rings (SSSR count). The number of pyridine rings is 1. The Morgan fingerprint density at radius 2 is 1.68 bits per heavy atom. The molecule has 0 aliphatic carbocycles. The topological polar surface area (TPSA) is 133 Å². The Balaban J connectivity index is 1.70. The molecule has 4 N–H and O–H groups in total. The molecule has 5 bridgehead atoms. The summed E-state index contributed by atoms with van der Waals surface area (Å²) in [6, 6.07) is 5.36. The molecular formula is C30H40N6O4. The van der Waals surface area contributed by atoms with Crippen LogP contribution in [0.1, 0.15) is 71.7 Å². The average Bonchev–Trinajstić information content (AvgIpc) is 2.92. The summed E-state index contributed by atoms with van der Waals surface area (Å²) in [5.74, 6) is -1.52. The third-order valence-electron chi connectivity index (χ3n) is 7.62. The first-order valence-corrected chi connectivity index (χ1v) is 13.9. The van der Waals surface area contributed by atoms with Gasteiger partial charge in [0.25, 0.3) is 5.91 Å². The predicted molar refractivity (Wildman–Crippen MR) is 153 cm³/mol. The van der Waals surface area contributed by atoms with Crippen molar-refractivity contribution >= 4 is 40.5 Å². The first-order chi connectivity index (χ1) is 18.9. The van der Waals surface area contributed by atoms with Crippen LogP contribution in [-0.4, -0.2) is 58.3 Å². The Bertz CT molecular complexity index is 1340. The standard InChI is InChI=1S/C30H40N6O4/c1-17(2)25-27(38)33-19(4)28(39)36-13-7-8-24(35-36)26(37)32-18(3)20-9-10-21-16-31-23(15-22(21)14-20)11-12-30(5,6)29(40)34-25/h9-12,14-19,24-25,35H,7-8,13H2,1-6H3,(H,32,37)(H,33,38)(H,34,40)/b12-11+/t18-,19+,24+,25+/m1/s1. The van der Waals surface area contributed by atoms with Crippen LogP contribution >= 0.6 is 0 Å². The van der Waals surface area contributed by atoms with Crippen LogP contribution in [0, 0.1) is 11.3 Å². The quantitative estimate of drug-likeness (QED) is 0.433. The number of nitrogens with zero attached hydrogens (tertiary/aromatic N) is 2. The van der Waals surface area contributed by atoms with Crippen LogP contribution in [-0.2, 0) is 19.2 Å². The summed E-state index contributed by atoms with van der Waals surface area (Å²) in [6.45, 7) is 11.2. The van der Waals surface area contributed by atoms with Gasteiger partial charge in [-0.15, -0.1) is 0 Å². The maximum atomic E-state index is 13.3. The lowest BCUT2D eigenvalue weighted by molar-refractivity contribution is -0.143. The minimum absolute atomic E-state index is 0.198. The Labute approximate surface area is 235 Å². The minimum atomic E-state index is -0.933. The lowest BCUT2D eigenvalue weighted by atomic mass is 9.90. The number of amides is 4.